The molecule has 5 nitrogen and oxygen atoms in total. The van der Waals surface area contributed by atoms with E-state index in [1.54, 1.807) is 6.20 Å². The lowest BCUT2D eigenvalue weighted by Crippen LogP contribution is -2.29. The molecule has 0 fully saturated rings. The molecule has 0 bridgehead atoms. The summed E-state index contributed by atoms with van der Waals surface area (Å²) in [4.78, 5) is 8.64. The van der Waals surface area contributed by atoms with Crippen LogP contribution < -0.4 is 4.57 Å². The largest absolute Gasteiger partial charge is 0.415 e. The van der Waals surface area contributed by atoms with E-state index in [0.717, 1.165) is 34.7 Å². The molecule has 19 heavy (non-hydrogen) atoms. The van der Waals surface area contributed by atoms with Crippen molar-refractivity contribution in [1.29, 1.82) is 0 Å². The van der Waals surface area contributed by atoms with Gasteiger partial charge in [-0.2, -0.15) is 4.40 Å². The lowest BCUT2D eigenvalue weighted by atomic mass is 10.2. The van der Waals surface area contributed by atoms with E-state index in [4.69, 9.17) is 4.42 Å². The van der Waals surface area contributed by atoms with E-state index >= 15 is 0 Å². The first-order chi connectivity index (χ1) is 9.42. The van der Waals surface area contributed by atoms with Crippen molar-refractivity contribution in [3.8, 4) is 11.4 Å². The first kappa shape index (κ1) is 9.27. The van der Waals surface area contributed by atoms with Crippen LogP contribution in [0.2, 0.25) is 0 Å². The fourth-order valence-electron chi connectivity index (χ4n) is 2.82. The number of hydrogen-bond acceptors (Lipinski definition) is 3. The third-order valence-corrected chi connectivity index (χ3v) is 3.65. The highest BCUT2D eigenvalue weighted by Gasteiger charge is 2.33. The summed E-state index contributed by atoms with van der Waals surface area (Å²) >= 11 is 0. The predicted molar refractivity (Wildman–Crippen MR) is 67.5 cm³/mol. The summed E-state index contributed by atoms with van der Waals surface area (Å²) in [6.07, 6.45) is 7.44. The van der Waals surface area contributed by atoms with Gasteiger partial charge in [0.2, 0.25) is 5.69 Å². The van der Waals surface area contributed by atoms with E-state index < -0.39 is 0 Å². The smallest absolute Gasteiger partial charge is 0.346 e. The number of aromatic nitrogens is 4. The molecule has 1 aliphatic heterocycles. The zero-order valence-corrected chi connectivity index (χ0v) is 9.95. The van der Waals surface area contributed by atoms with Crippen LogP contribution in [0.5, 0.6) is 0 Å². The maximum absolute atomic E-state index is 5.95. The molecule has 0 amide bonds. The molecule has 0 radical (unpaired) electrons. The average Bonchev–Trinajstić information content (AvgIpc) is 3.05. The Balaban J connectivity index is 1.97. The Labute approximate surface area is 107 Å². The predicted octanol–water partition coefficient (Wildman–Crippen LogP) is 1.79. The summed E-state index contributed by atoms with van der Waals surface area (Å²) < 4.78 is 10.2. The van der Waals surface area contributed by atoms with E-state index in [9.17, 15) is 0 Å². The van der Waals surface area contributed by atoms with Crippen LogP contribution in [-0.2, 0) is 6.54 Å². The van der Waals surface area contributed by atoms with Gasteiger partial charge in [0.1, 0.15) is 12.2 Å². The summed E-state index contributed by atoms with van der Waals surface area (Å²) in [5.74, 6) is 0. The molecule has 90 valence electrons. The molecule has 0 saturated heterocycles. The minimum atomic E-state index is 0.834. The van der Waals surface area contributed by atoms with Gasteiger partial charge < -0.3 is 4.42 Å². The first-order valence-corrected chi connectivity index (χ1v) is 6.13. The third-order valence-electron chi connectivity index (χ3n) is 3.65. The van der Waals surface area contributed by atoms with Gasteiger partial charge in [-0.25, -0.2) is 4.57 Å². The van der Waals surface area contributed by atoms with Gasteiger partial charge in [0.25, 0.3) is 6.33 Å². The Hall–Kier alpha value is -2.69. The van der Waals surface area contributed by atoms with E-state index in [2.05, 4.69) is 26.9 Å². The minimum absolute atomic E-state index is 0.834. The molecular weight excluding hydrogens is 240 g/mol. The van der Waals surface area contributed by atoms with Crippen LogP contribution in [0.3, 0.4) is 0 Å². The fourth-order valence-corrected chi connectivity index (χ4v) is 2.82. The van der Waals surface area contributed by atoms with Gasteiger partial charge in [-0.15, -0.1) is 0 Å². The number of pyridine rings is 2. The van der Waals surface area contributed by atoms with Crippen molar-refractivity contribution >= 4 is 16.8 Å². The Morgan fingerprint density at radius 3 is 3.26 bits per heavy atom. The Morgan fingerprint density at radius 1 is 1.26 bits per heavy atom. The highest BCUT2D eigenvalue weighted by Crippen LogP contribution is 2.31. The van der Waals surface area contributed by atoms with Crippen LogP contribution in [0.4, 0.5) is 0 Å². The molecule has 1 aliphatic rings. The van der Waals surface area contributed by atoms with Gasteiger partial charge in [0.05, 0.1) is 6.20 Å². The monoisotopic (exact) mass is 249 g/mol. The zero-order chi connectivity index (χ0) is 12.4. The van der Waals surface area contributed by atoms with Crippen LogP contribution in [0.15, 0.2) is 47.5 Å². The molecule has 5 rings (SSSR count). The van der Waals surface area contributed by atoms with Crippen molar-refractivity contribution in [1.82, 2.24) is 14.4 Å². The van der Waals surface area contributed by atoms with Crippen LogP contribution in [0, 0.1) is 0 Å². The van der Waals surface area contributed by atoms with Crippen molar-refractivity contribution in [2.24, 2.45) is 0 Å². The van der Waals surface area contributed by atoms with Crippen LogP contribution in [0.25, 0.3) is 28.2 Å². The number of hydrogen-bond donors (Lipinski definition) is 0. The number of rotatable bonds is 0. The summed E-state index contributed by atoms with van der Waals surface area (Å²) in [5, 5.41) is 0. The highest BCUT2D eigenvalue weighted by molar-refractivity contribution is 5.81. The van der Waals surface area contributed by atoms with Crippen molar-refractivity contribution in [2.45, 2.75) is 6.54 Å². The second-order valence-electron chi connectivity index (χ2n) is 4.72. The second-order valence-corrected chi connectivity index (χ2v) is 4.72. The molecule has 0 atom stereocenters. The number of nitrogens with zero attached hydrogens (tertiary/aromatic N) is 4. The molecule has 0 N–H and O–H groups in total. The zero-order valence-electron chi connectivity index (χ0n) is 9.95. The van der Waals surface area contributed by atoms with Gasteiger partial charge in [0.15, 0.2) is 11.1 Å². The maximum atomic E-state index is 5.95. The molecule has 5 heterocycles. The van der Waals surface area contributed by atoms with E-state index in [-0.39, 0.29) is 0 Å². The van der Waals surface area contributed by atoms with Crippen molar-refractivity contribution in [3.05, 3.63) is 48.7 Å². The highest BCUT2D eigenvalue weighted by atomic mass is 16.3. The van der Waals surface area contributed by atoms with Crippen molar-refractivity contribution in [3.63, 3.8) is 0 Å². The topological polar surface area (TPSA) is 47.2 Å². The molecule has 0 aromatic carbocycles. The lowest BCUT2D eigenvalue weighted by molar-refractivity contribution is -0.671. The molecule has 0 unspecified atom stereocenters. The van der Waals surface area contributed by atoms with Crippen LogP contribution in [-0.4, -0.2) is 14.4 Å². The summed E-state index contributed by atoms with van der Waals surface area (Å²) in [6.45, 7) is 0.845. The molecule has 0 saturated carbocycles. The summed E-state index contributed by atoms with van der Waals surface area (Å²) in [5.41, 5.74) is 5.96. The molecule has 0 aliphatic carbocycles. The Morgan fingerprint density at radius 2 is 2.26 bits per heavy atom. The van der Waals surface area contributed by atoms with Gasteiger partial charge in [-0.05, 0) is 6.07 Å². The van der Waals surface area contributed by atoms with E-state index in [0.29, 0.717) is 0 Å². The van der Waals surface area contributed by atoms with Crippen LogP contribution >= 0.6 is 0 Å². The van der Waals surface area contributed by atoms with E-state index in [1.165, 1.54) is 5.56 Å². The number of fused-ring (bicyclic) bond motifs is 7. The quantitative estimate of drug-likeness (QED) is 0.393. The molecule has 4 aromatic rings. The normalized spacial score (nSPS) is 13.1. The first-order valence-electron chi connectivity index (χ1n) is 6.13. The molecular formula is C14H9N4O+. The minimum Gasteiger partial charge on any atom is -0.415 e. The Bertz CT molecular complexity index is 951. The number of oxazole rings is 1. The standard InChI is InChI=1S/C14H9N4O/c1-2-9-7-17-8-18-10-6-15-5-3-11(10)19-14(18)13(17)12(9)16-4-1/h1-6,8H,7H2/q+1. The second kappa shape index (κ2) is 3.00. The van der Waals surface area contributed by atoms with Gasteiger partial charge in [0, 0.05) is 24.0 Å². The van der Waals surface area contributed by atoms with Gasteiger partial charge in [-0.3, -0.25) is 9.97 Å². The molecule has 4 aromatic heterocycles. The Kier molecular flexibility index (Phi) is 1.46. The third kappa shape index (κ3) is 1.03. The summed E-state index contributed by atoms with van der Waals surface area (Å²) in [7, 11) is 0. The van der Waals surface area contributed by atoms with Crippen molar-refractivity contribution in [2.75, 3.05) is 0 Å². The SMILES string of the molecule is c1cnc2c(c1)C[n+]1cn3c(oc4ccncc43)c1-2. The molecule has 5 heteroatoms. The number of imidazole rings is 1. The van der Waals surface area contributed by atoms with Crippen LogP contribution in [0.1, 0.15) is 5.56 Å². The van der Waals surface area contributed by atoms with Crippen molar-refractivity contribution < 1.29 is 8.98 Å². The van der Waals surface area contributed by atoms with Gasteiger partial charge in [-0.1, -0.05) is 6.07 Å². The van der Waals surface area contributed by atoms with Gasteiger partial charge >= 0.3 is 5.71 Å². The average molecular weight is 249 g/mol. The fraction of sp³-hybridized carbons (Fsp3) is 0.0714. The maximum Gasteiger partial charge on any atom is 0.346 e. The molecule has 0 spiro atoms. The summed E-state index contributed by atoms with van der Waals surface area (Å²) in [6, 6.07) is 5.96. The lowest BCUT2D eigenvalue weighted by Gasteiger charge is -1.90. The van der Waals surface area contributed by atoms with E-state index in [1.807, 2.05) is 28.9 Å².